The van der Waals surface area contributed by atoms with Gasteiger partial charge >= 0.3 is 0 Å². The van der Waals surface area contributed by atoms with Crippen LogP contribution in [0, 0.1) is 18.8 Å². The fourth-order valence-corrected chi connectivity index (χ4v) is 4.44. The van der Waals surface area contributed by atoms with Gasteiger partial charge in [0.05, 0.1) is 5.69 Å². The molecule has 2 aromatic rings. The van der Waals surface area contributed by atoms with Crippen LogP contribution in [0.5, 0.6) is 0 Å². The fourth-order valence-electron chi connectivity index (χ4n) is 4.44. The molecule has 3 nitrogen and oxygen atoms in total. The van der Waals surface area contributed by atoms with E-state index in [2.05, 4.69) is 35.4 Å². The Kier molecular flexibility index (Phi) is 2.93. The van der Waals surface area contributed by atoms with E-state index in [-0.39, 0.29) is 6.04 Å². The molecular weight excluding hydrogens is 258 g/mol. The van der Waals surface area contributed by atoms with Crippen molar-refractivity contribution in [2.24, 2.45) is 24.6 Å². The number of hydrogen-bond acceptors (Lipinski definition) is 2. The first-order valence-corrected chi connectivity index (χ1v) is 7.98. The molecule has 21 heavy (non-hydrogen) atoms. The Hall–Kier alpha value is -1.61. The van der Waals surface area contributed by atoms with Gasteiger partial charge in [0.15, 0.2) is 0 Å². The van der Waals surface area contributed by atoms with Gasteiger partial charge < -0.3 is 5.73 Å². The highest BCUT2D eigenvalue weighted by molar-refractivity contribution is 5.40. The maximum Gasteiger partial charge on any atom is 0.0596 e. The average Bonchev–Trinajstić information content (AvgIpc) is 3.13. The summed E-state index contributed by atoms with van der Waals surface area (Å²) in [5.74, 6) is 2.17. The molecule has 2 aliphatic rings. The first kappa shape index (κ1) is 13.1. The summed E-state index contributed by atoms with van der Waals surface area (Å²) >= 11 is 0. The molecule has 1 aromatic heterocycles. The zero-order valence-electron chi connectivity index (χ0n) is 12.8. The molecule has 0 amide bonds. The first-order valence-electron chi connectivity index (χ1n) is 7.98. The molecule has 2 aliphatic carbocycles. The zero-order chi connectivity index (χ0) is 14.6. The monoisotopic (exact) mass is 281 g/mol. The Morgan fingerprint density at radius 1 is 1.38 bits per heavy atom. The summed E-state index contributed by atoms with van der Waals surface area (Å²) in [5.41, 5.74) is 12.0. The van der Waals surface area contributed by atoms with E-state index < -0.39 is 0 Å². The summed E-state index contributed by atoms with van der Waals surface area (Å²) in [6.45, 7) is 2.04. The summed E-state index contributed by atoms with van der Waals surface area (Å²) in [7, 11) is 2.02. The van der Waals surface area contributed by atoms with Gasteiger partial charge in [0.1, 0.15) is 0 Å². The SMILES string of the molecule is Cc1cc(CC(N)C2C3CCc4ccccc4C32)n(C)n1. The van der Waals surface area contributed by atoms with Gasteiger partial charge in [-0.3, -0.25) is 4.68 Å². The van der Waals surface area contributed by atoms with E-state index >= 15 is 0 Å². The van der Waals surface area contributed by atoms with Crippen LogP contribution in [0.3, 0.4) is 0 Å². The van der Waals surface area contributed by atoms with E-state index in [9.17, 15) is 0 Å². The Morgan fingerprint density at radius 2 is 2.19 bits per heavy atom. The van der Waals surface area contributed by atoms with Gasteiger partial charge in [0.2, 0.25) is 0 Å². The third kappa shape index (κ3) is 2.11. The van der Waals surface area contributed by atoms with Gasteiger partial charge in [-0.25, -0.2) is 0 Å². The molecule has 0 spiro atoms. The Balaban J connectivity index is 1.53. The minimum atomic E-state index is 0.251. The van der Waals surface area contributed by atoms with Crippen LogP contribution in [0.2, 0.25) is 0 Å². The van der Waals surface area contributed by atoms with E-state index in [0.717, 1.165) is 18.0 Å². The fraction of sp³-hybridized carbons (Fsp3) is 0.500. The molecule has 3 heteroatoms. The Labute approximate surface area is 126 Å². The van der Waals surface area contributed by atoms with Crippen molar-refractivity contribution in [2.75, 3.05) is 0 Å². The highest BCUT2D eigenvalue weighted by atomic mass is 15.3. The number of nitrogens with zero attached hydrogens (tertiary/aromatic N) is 2. The van der Waals surface area contributed by atoms with Crippen molar-refractivity contribution in [3.8, 4) is 0 Å². The molecule has 110 valence electrons. The first-order chi connectivity index (χ1) is 10.1. The highest BCUT2D eigenvalue weighted by Crippen LogP contribution is 2.61. The molecule has 1 aromatic carbocycles. The number of fused-ring (bicyclic) bond motifs is 3. The number of rotatable bonds is 3. The number of aryl methyl sites for hydroxylation is 3. The lowest BCUT2D eigenvalue weighted by Crippen LogP contribution is -2.27. The van der Waals surface area contributed by atoms with Crippen molar-refractivity contribution in [1.82, 2.24) is 9.78 Å². The van der Waals surface area contributed by atoms with Crippen LogP contribution in [0.1, 0.15) is 34.9 Å². The Morgan fingerprint density at radius 3 is 2.95 bits per heavy atom. The van der Waals surface area contributed by atoms with Gasteiger partial charge in [-0.15, -0.1) is 0 Å². The summed E-state index contributed by atoms with van der Waals surface area (Å²) in [5, 5.41) is 4.43. The number of nitrogens with two attached hydrogens (primary N) is 1. The van der Waals surface area contributed by atoms with E-state index in [1.807, 2.05) is 18.7 Å². The Bertz CT molecular complexity index is 673. The molecule has 4 unspecified atom stereocenters. The topological polar surface area (TPSA) is 43.8 Å². The lowest BCUT2D eigenvalue weighted by atomic mass is 9.92. The molecule has 0 saturated heterocycles. The van der Waals surface area contributed by atoms with Gasteiger partial charge in [-0.1, -0.05) is 24.3 Å². The van der Waals surface area contributed by atoms with Crippen LogP contribution < -0.4 is 5.73 Å². The molecule has 4 atom stereocenters. The van der Waals surface area contributed by atoms with Gasteiger partial charge in [-0.2, -0.15) is 5.10 Å². The second kappa shape index (κ2) is 4.70. The summed E-state index contributed by atoms with van der Waals surface area (Å²) in [6.07, 6.45) is 3.48. The minimum absolute atomic E-state index is 0.251. The van der Waals surface area contributed by atoms with Crippen LogP contribution in [0.25, 0.3) is 0 Å². The van der Waals surface area contributed by atoms with Crippen LogP contribution in [-0.4, -0.2) is 15.8 Å². The summed E-state index contributed by atoms with van der Waals surface area (Å²) in [6, 6.07) is 11.4. The van der Waals surface area contributed by atoms with Gasteiger partial charge in [0, 0.05) is 25.2 Å². The quantitative estimate of drug-likeness (QED) is 0.939. The van der Waals surface area contributed by atoms with Crippen molar-refractivity contribution >= 4 is 0 Å². The zero-order valence-corrected chi connectivity index (χ0v) is 12.8. The lowest BCUT2D eigenvalue weighted by molar-refractivity contribution is 0.516. The average molecular weight is 281 g/mol. The molecule has 1 fully saturated rings. The third-order valence-corrected chi connectivity index (χ3v) is 5.43. The van der Waals surface area contributed by atoms with Crippen molar-refractivity contribution in [3.63, 3.8) is 0 Å². The minimum Gasteiger partial charge on any atom is -0.327 e. The maximum absolute atomic E-state index is 6.56. The van der Waals surface area contributed by atoms with E-state index in [4.69, 9.17) is 5.73 Å². The molecule has 1 saturated carbocycles. The van der Waals surface area contributed by atoms with Crippen LogP contribution in [0.4, 0.5) is 0 Å². The highest BCUT2D eigenvalue weighted by Gasteiger charge is 2.55. The number of hydrogen-bond donors (Lipinski definition) is 1. The largest absolute Gasteiger partial charge is 0.327 e. The lowest BCUT2D eigenvalue weighted by Gasteiger charge is -2.13. The maximum atomic E-state index is 6.56. The van der Waals surface area contributed by atoms with Gasteiger partial charge in [0.25, 0.3) is 0 Å². The predicted octanol–water partition coefficient (Wildman–Crippen LogP) is 2.57. The third-order valence-electron chi connectivity index (χ3n) is 5.43. The summed E-state index contributed by atoms with van der Waals surface area (Å²) in [4.78, 5) is 0. The molecule has 1 heterocycles. The predicted molar refractivity (Wildman–Crippen MR) is 84.1 cm³/mol. The molecule has 0 radical (unpaired) electrons. The molecule has 2 N–H and O–H groups in total. The molecule has 0 bridgehead atoms. The van der Waals surface area contributed by atoms with Crippen molar-refractivity contribution < 1.29 is 0 Å². The normalized spacial score (nSPS) is 27.9. The van der Waals surface area contributed by atoms with Crippen LogP contribution in [-0.2, 0) is 19.9 Å². The molecular formula is C18H23N3. The van der Waals surface area contributed by atoms with E-state index in [0.29, 0.717) is 11.8 Å². The summed E-state index contributed by atoms with van der Waals surface area (Å²) < 4.78 is 1.98. The molecule has 0 aliphatic heterocycles. The van der Waals surface area contributed by atoms with Gasteiger partial charge in [-0.05, 0) is 54.7 Å². The molecule has 4 rings (SSSR count). The van der Waals surface area contributed by atoms with E-state index in [1.54, 1.807) is 11.1 Å². The second-order valence-electron chi connectivity index (χ2n) is 6.77. The van der Waals surface area contributed by atoms with Crippen molar-refractivity contribution in [3.05, 3.63) is 52.8 Å². The second-order valence-corrected chi connectivity index (χ2v) is 6.77. The van der Waals surface area contributed by atoms with Crippen molar-refractivity contribution in [2.45, 2.75) is 38.1 Å². The van der Waals surface area contributed by atoms with Crippen LogP contribution >= 0.6 is 0 Å². The number of benzene rings is 1. The standard InChI is InChI=1S/C18H23N3/c1-11-9-13(21(2)20-11)10-16(19)18-15-8-7-12-5-3-4-6-14(12)17(15)18/h3-6,9,15-18H,7-8,10,19H2,1-2H3. The number of aromatic nitrogens is 2. The van der Waals surface area contributed by atoms with E-state index in [1.165, 1.54) is 18.5 Å². The van der Waals surface area contributed by atoms with Crippen LogP contribution in [0.15, 0.2) is 30.3 Å². The van der Waals surface area contributed by atoms with Crippen molar-refractivity contribution in [1.29, 1.82) is 0 Å². The smallest absolute Gasteiger partial charge is 0.0596 e.